The van der Waals surface area contributed by atoms with Crippen molar-refractivity contribution in [1.82, 2.24) is 19.8 Å². The minimum absolute atomic E-state index is 0.0113. The van der Waals surface area contributed by atoms with Gasteiger partial charge >= 0.3 is 0 Å². The number of imidazole rings is 1. The van der Waals surface area contributed by atoms with Crippen molar-refractivity contribution in [3.63, 3.8) is 0 Å². The van der Waals surface area contributed by atoms with Gasteiger partial charge in [-0.1, -0.05) is 0 Å². The van der Waals surface area contributed by atoms with E-state index in [4.69, 9.17) is 0 Å². The Balaban J connectivity index is 2.02. The second kappa shape index (κ2) is 4.87. The minimum Gasteiger partial charge on any atom is -0.347 e. The van der Waals surface area contributed by atoms with Gasteiger partial charge in [-0.15, -0.1) is 0 Å². The molecule has 1 aliphatic rings. The molecular weight excluding hydrogens is 216 g/mol. The predicted octanol–water partition coefficient (Wildman–Crippen LogP) is 0.553. The van der Waals surface area contributed by atoms with Crippen molar-refractivity contribution in [1.29, 1.82) is 0 Å². The molecule has 1 amide bonds. The second-order valence-electron chi connectivity index (χ2n) is 4.86. The number of aryl methyl sites for hydroxylation is 2. The molecular formula is C12H20N4O. The molecule has 0 saturated carbocycles. The molecule has 1 N–H and O–H groups in total. The summed E-state index contributed by atoms with van der Waals surface area (Å²) >= 11 is 0. The molecule has 0 radical (unpaired) electrons. The minimum atomic E-state index is -0.0113. The maximum Gasteiger partial charge on any atom is 0.270 e. The summed E-state index contributed by atoms with van der Waals surface area (Å²) in [4.78, 5) is 18.5. The zero-order chi connectivity index (χ0) is 12.4. The molecule has 5 heteroatoms. The Kier molecular flexibility index (Phi) is 3.47. The number of nitrogens with one attached hydrogen (secondary N) is 1. The highest BCUT2D eigenvalue weighted by atomic mass is 16.2. The van der Waals surface area contributed by atoms with Crippen molar-refractivity contribution in [2.45, 2.75) is 25.8 Å². The van der Waals surface area contributed by atoms with Crippen molar-refractivity contribution in [3.05, 3.63) is 17.7 Å². The van der Waals surface area contributed by atoms with Crippen LogP contribution < -0.4 is 5.32 Å². The molecule has 1 aliphatic heterocycles. The lowest BCUT2D eigenvalue weighted by atomic mass is 10.1. The van der Waals surface area contributed by atoms with Crippen molar-refractivity contribution in [2.24, 2.45) is 7.05 Å². The number of likely N-dealkylation sites (N-methyl/N-ethyl adjacent to an activating group) is 1. The Labute approximate surface area is 102 Å². The third kappa shape index (κ3) is 2.66. The Morgan fingerprint density at radius 2 is 2.29 bits per heavy atom. The maximum atomic E-state index is 12.1. The molecule has 2 rings (SSSR count). The van der Waals surface area contributed by atoms with E-state index in [9.17, 15) is 4.79 Å². The SMILES string of the molecule is Cc1ncn(C)c1C(=O)NC1CCCN(C)C1. The summed E-state index contributed by atoms with van der Waals surface area (Å²) in [6.07, 6.45) is 3.88. The maximum absolute atomic E-state index is 12.1. The highest BCUT2D eigenvalue weighted by Crippen LogP contribution is 2.10. The van der Waals surface area contributed by atoms with Crippen LogP contribution in [-0.4, -0.2) is 46.5 Å². The van der Waals surface area contributed by atoms with Crippen molar-refractivity contribution < 1.29 is 4.79 Å². The van der Waals surface area contributed by atoms with Gasteiger partial charge in [-0.3, -0.25) is 4.79 Å². The molecule has 0 spiro atoms. The third-order valence-corrected chi connectivity index (χ3v) is 3.29. The topological polar surface area (TPSA) is 50.2 Å². The number of carbonyl (C=O) groups is 1. The molecule has 0 aromatic carbocycles. The smallest absolute Gasteiger partial charge is 0.270 e. The van der Waals surface area contributed by atoms with E-state index < -0.39 is 0 Å². The van der Waals surface area contributed by atoms with Crippen LogP contribution in [0.2, 0.25) is 0 Å². The van der Waals surface area contributed by atoms with Gasteiger partial charge in [-0.05, 0) is 33.4 Å². The van der Waals surface area contributed by atoms with Gasteiger partial charge in [-0.2, -0.15) is 0 Å². The number of hydrogen-bond acceptors (Lipinski definition) is 3. The molecule has 1 saturated heterocycles. The number of hydrogen-bond donors (Lipinski definition) is 1. The quantitative estimate of drug-likeness (QED) is 0.816. The van der Waals surface area contributed by atoms with E-state index in [-0.39, 0.29) is 11.9 Å². The van der Waals surface area contributed by atoms with Gasteiger partial charge in [0.05, 0.1) is 12.0 Å². The van der Waals surface area contributed by atoms with Crippen LogP contribution in [0.5, 0.6) is 0 Å². The van der Waals surface area contributed by atoms with E-state index in [2.05, 4.69) is 22.2 Å². The molecule has 1 unspecified atom stereocenters. The van der Waals surface area contributed by atoms with E-state index in [1.165, 1.54) is 0 Å². The number of carbonyl (C=O) groups excluding carboxylic acids is 1. The molecule has 2 heterocycles. The van der Waals surface area contributed by atoms with Gasteiger partial charge in [0.15, 0.2) is 0 Å². The molecule has 0 bridgehead atoms. The van der Waals surface area contributed by atoms with E-state index in [1.807, 2.05) is 14.0 Å². The summed E-state index contributed by atoms with van der Waals surface area (Å²) in [6.45, 7) is 3.92. The normalized spacial score (nSPS) is 21.5. The Morgan fingerprint density at radius 3 is 2.88 bits per heavy atom. The summed E-state index contributed by atoms with van der Waals surface area (Å²) in [6, 6.07) is 0.260. The van der Waals surface area contributed by atoms with E-state index >= 15 is 0 Å². The summed E-state index contributed by atoms with van der Waals surface area (Å²) in [5.74, 6) is -0.0113. The average Bonchev–Trinajstić information content (AvgIpc) is 2.58. The molecule has 0 aliphatic carbocycles. The first-order valence-electron chi connectivity index (χ1n) is 6.05. The number of aromatic nitrogens is 2. The molecule has 17 heavy (non-hydrogen) atoms. The summed E-state index contributed by atoms with van der Waals surface area (Å²) in [5, 5.41) is 3.09. The fraction of sp³-hybridized carbons (Fsp3) is 0.667. The lowest BCUT2D eigenvalue weighted by Crippen LogP contribution is -2.46. The third-order valence-electron chi connectivity index (χ3n) is 3.29. The van der Waals surface area contributed by atoms with Crippen molar-refractivity contribution in [3.8, 4) is 0 Å². The number of piperidine rings is 1. The van der Waals surface area contributed by atoms with E-state index in [1.54, 1.807) is 10.9 Å². The van der Waals surface area contributed by atoms with Gasteiger partial charge in [-0.25, -0.2) is 4.98 Å². The Bertz CT molecular complexity index is 393. The Hall–Kier alpha value is -1.36. The monoisotopic (exact) mass is 236 g/mol. The highest BCUT2D eigenvalue weighted by Gasteiger charge is 2.21. The standard InChI is InChI=1S/C12H20N4O/c1-9-11(16(3)8-13-9)12(17)14-10-5-4-6-15(2)7-10/h8,10H,4-7H2,1-3H3,(H,14,17). The second-order valence-corrected chi connectivity index (χ2v) is 4.86. The van der Waals surface area contributed by atoms with Gasteiger partial charge in [0, 0.05) is 19.6 Å². The Morgan fingerprint density at radius 1 is 1.53 bits per heavy atom. The lowest BCUT2D eigenvalue weighted by Gasteiger charge is -2.30. The van der Waals surface area contributed by atoms with Crippen molar-refractivity contribution >= 4 is 5.91 Å². The first-order chi connectivity index (χ1) is 8.08. The first kappa shape index (κ1) is 12.1. The summed E-state index contributed by atoms with van der Waals surface area (Å²) in [7, 11) is 3.94. The number of nitrogens with zero attached hydrogens (tertiary/aromatic N) is 3. The molecule has 94 valence electrons. The predicted molar refractivity (Wildman–Crippen MR) is 65.9 cm³/mol. The molecule has 5 nitrogen and oxygen atoms in total. The molecule has 1 aromatic heterocycles. The number of rotatable bonds is 2. The largest absolute Gasteiger partial charge is 0.347 e. The molecule has 1 fully saturated rings. The van der Waals surface area contributed by atoms with E-state index in [0.29, 0.717) is 5.69 Å². The van der Waals surface area contributed by atoms with Crippen LogP contribution in [0.4, 0.5) is 0 Å². The van der Waals surface area contributed by atoms with Gasteiger partial charge in [0.1, 0.15) is 5.69 Å². The fourth-order valence-corrected chi connectivity index (χ4v) is 2.41. The van der Waals surface area contributed by atoms with Gasteiger partial charge in [0.2, 0.25) is 0 Å². The number of amides is 1. The summed E-state index contributed by atoms with van der Waals surface area (Å²) in [5.41, 5.74) is 1.45. The van der Waals surface area contributed by atoms with E-state index in [0.717, 1.165) is 31.6 Å². The van der Waals surface area contributed by atoms with Crippen LogP contribution in [0, 0.1) is 6.92 Å². The highest BCUT2D eigenvalue weighted by molar-refractivity contribution is 5.93. The van der Waals surface area contributed by atoms with Crippen LogP contribution in [0.15, 0.2) is 6.33 Å². The fourth-order valence-electron chi connectivity index (χ4n) is 2.41. The number of likely N-dealkylation sites (tertiary alicyclic amines) is 1. The van der Waals surface area contributed by atoms with Crippen LogP contribution in [0.1, 0.15) is 29.0 Å². The molecule has 1 aromatic rings. The van der Waals surface area contributed by atoms with Gasteiger partial charge < -0.3 is 14.8 Å². The van der Waals surface area contributed by atoms with Crippen LogP contribution in [-0.2, 0) is 7.05 Å². The van der Waals surface area contributed by atoms with Gasteiger partial charge in [0.25, 0.3) is 5.91 Å². The van der Waals surface area contributed by atoms with Crippen LogP contribution in [0.3, 0.4) is 0 Å². The lowest BCUT2D eigenvalue weighted by molar-refractivity contribution is 0.0903. The van der Waals surface area contributed by atoms with Crippen LogP contribution in [0.25, 0.3) is 0 Å². The first-order valence-corrected chi connectivity index (χ1v) is 6.05. The zero-order valence-corrected chi connectivity index (χ0v) is 10.7. The molecule has 1 atom stereocenters. The van der Waals surface area contributed by atoms with Crippen molar-refractivity contribution in [2.75, 3.05) is 20.1 Å². The zero-order valence-electron chi connectivity index (χ0n) is 10.7. The summed E-state index contributed by atoms with van der Waals surface area (Å²) < 4.78 is 1.78. The van der Waals surface area contributed by atoms with Crippen LogP contribution >= 0.6 is 0 Å². The average molecular weight is 236 g/mol.